The van der Waals surface area contributed by atoms with Gasteiger partial charge in [-0.3, -0.25) is 4.79 Å². The Bertz CT molecular complexity index is 645. The monoisotopic (exact) mass is 384 g/mol. The van der Waals surface area contributed by atoms with Crippen molar-refractivity contribution in [2.24, 2.45) is 0 Å². The number of thiophene rings is 1. The van der Waals surface area contributed by atoms with E-state index in [1.807, 2.05) is 25.1 Å². The molecule has 3 nitrogen and oxygen atoms in total. The predicted octanol–water partition coefficient (Wildman–Crippen LogP) is 3.85. The summed E-state index contributed by atoms with van der Waals surface area (Å²) in [5, 5.41) is 0. The number of carbonyl (C=O) groups is 1. The number of likely N-dealkylation sites (N-methyl/N-ethyl adjacent to an activating group) is 1. The molecule has 1 heterocycles. The Morgan fingerprint density at radius 3 is 2.50 bits per heavy atom. The number of nitrogens with zero attached hydrogens (tertiary/aromatic N) is 2. The van der Waals surface area contributed by atoms with E-state index in [2.05, 4.69) is 15.9 Å². The van der Waals surface area contributed by atoms with Crippen LogP contribution in [0.15, 0.2) is 40.2 Å². The maximum atomic E-state index is 13.9. The minimum Gasteiger partial charge on any atom is -0.332 e. The number of amides is 1. The van der Waals surface area contributed by atoms with Gasteiger partial charge in [-0.05, 0) is 48.2 Å². The molecule has 0 saturated carbocycles. The number of halogens is 2. The normalized spacial score (nSPS) is 11.0. The van der Waals surface area contributed by atoms with Gasteiger partial charge in [-0.15, -0.1) is 11.3 Å². The van der Waals surface area contributed by atoms with E-state index >= 15 is 0 Å². The Morgan fingerprint density at radius 1 is 1.18 bits per heavy atom. The molecular weight excluding hydrogens is 367 g/mol. The molecule has 22 heavy (non-hydrogen) atoms. The van der Waals surface area contributed by atoms with E-state index in [0.29, 0.717) is 17.0 Å². The van der Waals surface area contributed by atoms with Crippen molar-refractivity contribution in [3.8, 4) is 0 Å². The molecule has 0 fully saturated rings. The molecule has 0 atom stereocenters. The van der Waals surface area contributed by atoms with Crippen molar-refractivity contribution < 1.29 is 9.18 Å². The van der Waals surface area contributed by atoms with Crippen molar-refractivity contribution in [3.05, 3.63) is 56.4 Å². The van der Waals surface area contributed by atoms with Gasteiger partial charge in [0.05, 0.1) is 8.66 Å². The fourth-order valence-corrected chi connectivity index (χ4v) is 3.34. The molecule has 6 heteroatoms. The molecule has 0 aliphatic heterocycles. The smallest absolute Gasteiger partial charge is 0.264 e. The van der Waals surface area contributed by atoms with Gasteiger partial charge in [0, 0.05) is 25.2 Å². The second-order valence-corrected chi connectivity index (χ2v) is 7.69. The minimum atomic E-state index is -0.280. The van der Waals surface area contributed by atoms with Crippen molar-refractivity contribution in [1.82, 2.24) is 9.80 Å². The lowest BCUT2D eigenvalue weighted by Gasteiger charge is -2.24. The molecule has 2 rings (SSSR count). The molecule has 1 aromatic carbocycles. The molecular formula is C16H18BrFN2OS. The molecule has 0 bridgehead atoms. The molecule has 0 aliphatic rings. The Labute approximate surface area is 142 Å². The lowest BCUT2D eigenvalue weighted by molar-refractivity contribution is 0.0735. The quantitative estimate of drug-likeness (QED) is 0.754. The van der Waals surface area contributed by atoms with Crippen LogP contribution in [0.5, 0.6) is 0 Å². The molecule has 1 amide bonds. The highest BCUT2D eigenvalue weighted by atomic mass is 79.9. The first kappa shape index (κ1) is 17.1. The zero-order valence-corrected chi connectivity index (χ0v) is 15.0. The summed E-state index contributed by atoms with van der Waals surface area (Å²) in [4.78, 5) is 17.0. The van der Waals surface area contributed by atoms with Crippen LogP contribution in [0, 0.1) is 5.82 Å². The zero-order chi connectivity index (χ0) is 16.1. The van der Waals surface area contributed by atoms with Gasteiger partial charge >= 0.3 is 0 Å². The molecule has 1 aromatic heterocycles. The molecule has 118 valence electrons. The van der Waals surface area contributed by atoms with E-state index in [4.69, 9.17) is 0 Å². The summed E-state index contributed by atoms with van der Waals surface area (Å²) in [7, 11) is 3.90. The number of rotatable bonds is 6. The average molecular weight is 385 g/mol. The molecule has 0 aliphatic carbocycles. The SMILES string of the molecule is CN(C)CCN(Cc1ccccc1F)C(=O)c1ccc(Br)s1. The molecule has 0 unspecified atom stereocenters. The fourth-order valence-electron chi connectivity index (χ4n) is 1.99. The summed E-state index contributed by atoms with van der Waals surface area (Å²) >= 11 is 4.76. The van der Waals surface area contributed by atoms with E-state index in [9.17, 15) is 9.18 Å². The van der Waals surface area contributed by atoms with E-state index < -0.39 is 0 Å². The third kappa shape index (κ3) is 4.63. The van der Waals surface area contributed by atoms with Crippen LogP contribution in [0.4, 0.5) is 4.39 Å². The second-order valence-electron chi connectivity index (χ2n) is 5.23. The van der Waals surface area contributed by atoms with Crippen LogP contribution in [-0.4, -0.2) is 42.9 Å². The number of hydrogen-bond donors (Lipinski definition) is 0. The lowest BCUT2D eigenvalue weighted by atomic mass is 10.2. The summed E-state index contributed by atoms with van der Waals surface area (Å²) in [6.07, 6.45) is 0. The van der Waals surface area contributed by atoms with Crippen LogP contribution >= 0.6 is 27.3 Å². The van der Waals surface area contributed by atoms with Gasteiger partial charge < -0.3 is 9.80 Å². The van der Waals surface area contributed by atoms with Crippen molar-refractivity contribution in [2.45, 2.75) is 6.54 Å². The first-order valence-corrected chi connectivity index (χ1v) is 8.51. The van der Waals surface area contributed by atoms with Crippen LogP contribution in [-0.2, 0) is 6.54 Å². The van der Waals surface area contributed by atoms with E-state index in [-0.39, 0.29) is 18.3 Å². The van der Waals surface area contributed by atoms with E-state index in [1.165, 1.54) is 17.4 Å². The Morgan fingerprint density at radius 2 is 1.91 bits per heavy atom. The predicted molar refractivity (Wildman–Crippen MR) is 91.7 cm³/mol. The number of carbonyl (C=O) groups excluding carboxylic acids is 1. The van der Waals surface area contributed by atoms with Gasteiger partial charge in [0.2, 0.25) is 0 Å². The maximum absolute atomic E-state index is 13.9. The van der Waals surface area contributed by atoms with Gasteiger partial charge in [0.25, 0.3) is 5.91 Å². The molecule has 0 spiro atoms. The largest absolute Gasteiger partial charge is 0.332 e. The van der Waals surface area contributed by atoms with Gasteiger partial charge in [0.15, 0.2) is 0 Å². The minimum absolute atomic E-state index is 0.0687. The summed E-state index contributed by atoms with van der Waals surface area (Å²) in [6.45, 7) is 1.55. The van der Waals surface area contributed by atoms with Crippen LogP contribution < -0.4 is 0 Å². The third-order valence-corrected chi connectivity index (χ3v) is 4.82. The summed E-state index contributed by atoms with van der Waals surface area (Å²) in [6, 6.07) is 10.2. The summed E-state index contributed by atoms with van der Waals surface area (Å²) in [5.41, 5.74) is 0.533. The van der Waals surface area contributed by atoms with Gasteiger partial charge in [-0.1, -0.05) is 18.2 Å². The Balaban J connectivity index is 2.18. The van der Waals surface area contributed by atoms with Crippen LogP contribution in [0.2, 0.25) is 0 Å². The van der Waals surface area contributed by atoms with Crippen LogP contribution in [0.1, 0.15) is 15.2 Å². The third-order valence-electron chi connectivity index (χ3n) is 3.21. The van der Waals surface area contributed by atoms with Crippen molar-refractivity contribution in [1.29, 1.82) is 0 Å². The van der Waals surface area contributed by atoms with Crippen LogP contribution in [0.3, 0.4) is 0 Å². The number of benzene rings is 1. The molecule has 0 saturated heterocycles. The average Bonchev–Trinajstić information content (AvgIpc) is 2.91. The van der Waals surface area contributed by atoms with Gasteiger partial charge in [-0.2, -0.15) is 0 Å². The standard InChI is InChI=1S/C16H18BrFN2OS/c1-19(2)9-10-20(11-12-5-3-4-6-13(12)18)16(21)14-7-8-15(17)22-14/h3-8H,9-11H2,1-2H3. The Hall–Kier alpha value is -1.24. The summed E-state index contributed by atoms with van der Waals surface area (Å²) in [5.74, 6) is -0.349. The maximum Gasteiger partial charge on any atom is 0.264 e. The summed E-state index contributed by atoms with van der Waals surface area (Å²) < 4.78 is 14.8. The van der Waals surface area contributed by atoms with E-state index in [0.717, 1.165) is 10.3 Å². The van der Waals surface area contributed by atoms with Crippen LogP contribution in [0.25, 0.3) is 0 Å². The topological polar surface area (TPSA) is 23.6 Å². The van der Waals surface area contributed by atoms with Crippen molar-refractivity contribution >= 4 is 33.2 Å². The van der Waals surface area contributed by atoms with Gasteiger partial charge in [0.1, 0.15) is 5.82 Å². The molecule has 2 aromatic rings. The zero-order valence-electron chi connectivity index (χ0n) is 12.6. The second kappa shape index (κ2) is 7.85. The van der Waals surface area contributed by atoms with Crippen molar-refractivity contribution in [3.63, 3.8) is 0 Å². The number of hydrogen-bond acceptors (Lipinski definition) is 3. The first-order chi connectivity index (χ1) is 10.5. The fraction of sp³-hybridized carbons (Fsp3) is 0.312. The van der Waals surface area contributed by atoms with Crippen molar-refractivity contribution in [2.75, 3.05) is 27.2 Å². The highest BCUT2D eigenvalue weighted by Gasteiger charge is 2.19. The highest BCUT2D eigenvalue weighted by Crippen LogP contribution is 2.24. The first-order valence-electron chi connectivity index (χ1n) is 6.90. The van der Waals surface area contributed by atoms with Gasteiger partial charge in [-0.25, -0.2) is 4.39 Å². The molecule has 0 N–H and O–H groups in total. The highest BCUT2D eigenvalue weighted by molar-refractivity contribution is 9.11. The Kier molecular flexibility index (Phi) is 6.11. The lowest BCUT2D eigenvalue weighted by Crippen LogP contribution is -2.36. The molecule has 0 radical (unpaired) electrons. The van der Waals surface area contributed by atoms with E-state index in [1.54, 1.807) is 29.2 Å².